The highest BCUT2D eigenvalue weighted by Gasteiger charge is 2.11. The van der Waals surface area contributed by atoms with Gasteiger partial charge in [-0.1, -0.05) is 6.58 Å². The van der Waals surface area contributed by atoms with E-state index in [0.717, 1.165) is 0 Å². The molecule has 11 heavy (non-hydrogen) atoms. The number of hydrogen-bond acceptors (Lipinski definition) is 5. The molecule has 0 unspecified atom stereocenters. The first kappa shape index (κ1) is 9.33. The number of carbonyl (C=O) groups is 2. The predicted molar refractivity (Wildman–Crippen MR) is 32.9 cm³/mol. The molecule has 0 heterocycles. The molecule has 0 fully saturated rings. The van der Waals surface area contributed by atoms with Crippen molar-refractivity contribution in [3.05, 3.63) is 12.2 Å². The van der Waals surface area contributed by atoms with Gasteiger partial charge in [-0.2, -0.15) is 5.26 Å². The molecule has 0 radical (unpaired) electrons. The first-order valence-corrected chi connectivity index (χ1v) is 2.56. The maximum absolute atomic E-state index is 10.5. The minimum Gasteiger partial charge on any atom is -0.387 e. The third kappa shape index (κ3) is 3.13. The quantitative estimate of drug-likeness (QED) is 0.242. The van der Waals surface area contributed by atoms with Gasteiger partial charge in [-0.3, -0.25) is 0 Å². The first-order valence-electron chi connectivity index (χ1n) is 2.56. The topological polar surface area (TPSA) is 87.4 Å². The van der Waals surface area contributed by atoms with Crippen LogP contribution in [0.4, 0.5) is 0 Å². The van der Waals surface area contributed by atoms with Crippen molar-refractivity contribution in [3.8, 4) is 6.07 Å². The van der Waals surface area contributed by atoms with Crippen LogP contribution in [0.2, 0.25) is 0 Å². The molecule has 0 saturated carbocycles. The van der Waals surface area contributed by atoms with Gasteiger partial charge < -0.3 is 9.84 Å². The average molecular weight is 155 g/mol. The SMILES string of the molecule is C=C(C#N)C(=O)OC(=O)CO. The Bertz CT molecular complexity index is 237. The van der Waals surface area contributed by atoms with E-state index in [9.17, 15) is 9.59 Å². The molecule has 0 bridgehead atoms. The standard InChI is InChI=1S/C6H5NO4/c1-4(2-7)6(10)11-5(9)3-8/h8H,1,3H2. The molecule has 0 aliphatic carbocycles. The van der Waals surface area contributed by atoms with Crippen LogP contribution in [-0.4, -0.2) is 23.7 Å². The number of esters is 2. The van der Waals surface area contributed by atoms with Gasteiger partial charge >= 0.3 is 11.9 Å². The van der Waals surface area contributed by atoms with Gasteiger partial charge in [0.25, 0.3) is 0 Å². The molecule has 0 spiro atoms. The Morgan fingerprint density at radius 2 is 2.18 bits per heavy atom. The van der Waals surface area contributed by atoms with E-state index in [1.54, 1.807) is 0 Å². The van der Waals surface area contributed by atoms with Crippen LogP contribution in [0.1, 0.15) is 0 Å². The predicted octanol–water partition coefficient (Wildman–Crippen LogP) is -0.872. The molecule has 5 heteroatoms. The van der Waals surface area contributed by atoms with Crippen molar-refractivity contribution >= 4 is 11.9 Å². The number of nitrogens with zero attached hydrogens (tertiary/aromatic N) is 1. The van der Waals surface area contributed by atoms with E-state index in [0.29, 0.717) is 0 Å². The van der Waals surface area contributed by atoms with E-state index < -0.39 is 24.1 Å². The van der Waals surface area contributed by atoms with Crippen molar-refractivity contribution in [3.63, 3.8) is 0 Å². The smallest absolute Gasteiger partial charge is 0.355 e. The second-order valence-electron chi connectivity index (χ2n) is 1.51. The summed E-state index contributed by atoms with van der Waals surface area (Å²) in [6, 6.07) is 1.39. The second kappa shape index (κ2) is 4.19. The van der Waals surface area contributed by atoms with Crippen LogP contribution in [0.5, 0.6) is 0 Å². The number of nitriles is 1. The minimum absolute atomic E-state index is 0.480. The van der Waals surface area contributed by atoms with Crippen molar-refractivity contribution in [2.75, 3.05) is 6.61 Å². The highest BCUT2D eigenvalue weighted by Crippen LogP contribution is 1.91. The van der Waals surface area contributed by atoms with Crippen molar-refractivity contribution < 1.29 is 19.4 Å². The molecule has 0 rings (SSSR count). The Labute approximate surface area is 62.5 Å². The summed E-state index contributed by atoms with van der Waals surface area (Å²) in [4.78, 5) is 20.7. The molecule has 0 saturated heterocycles. The van der Waals surface area contributed by atoms with Crippen LogP contribution in [-0.2, 0) is 14.3 Å². The normalized spacial score (nSPS) is 8.00. The molecule has 0 aliphatic heterocycles. The molecule has 0 aromatic heterocycles. The summed E-state index contributed by atoms with van der Waals surface area (Å²) in [6.07, 6.45) is 0. The molecule has 1 N–H and O–H groups in total. The Morgan fingerprint density at radius 1 is 1.64 bits per heavy atom. The molecule has 0 atom stereocenters. The van der Waals surface area contributed by atoms with Crippen LogP contribution in [0, 0.1) is 11.3 Å². The van der Waals surface area contributed by atoms with Gasteiger partial charge in [0.15, 0.2) is 0 Å². The maximum Gasteiger partial charge on any atom is 0.355 e. The highest BCUT2D eigenvalue weighted by molar-refractivity contribution is 5.98. The van der Waals surface area contributed by atoms with Gasteiger partial charge in [-0.25, -0.2) is 9.59 Å². The van der Waals surface area contributed by atoms with Crippen LogP contribution in [0.25, 0.3) is 0 Å². The van der Waals surface area contributed by atoms with Gasteiger partial charge in [0.05, 0.1) is 0 Å². The summed E-state index contributed by atoms with van der Waals surface area (Å²) in [5, 5.41) is 16.2. The average Bonchev–Trinajstić information content (AvgIpc) is 2.02. The fraction of sp³-hybridized carbons (Fsp3) is 0.167. The van der Waals surface area contributed by atoms with Crippen molar-refractivity contribution in [2.24, 2.45) is 0 Å². The van der Waals surface area contributed by atoms with Gasteiger partial charge in [0.2, 0.25) is 0 Å². The third-order valence-electron chi connectivity index (χ3n) is 0.717. The van der Waals surface area contributed by atoms with Crippen LogP contribution < -0.4 is 0 Å². The molecule has 0 aromatic rings. The Hall–Kier alpha value is -1.67. The number of rotatable bonds is 2. The number of aliphatic hydroxyl groups is 1. The van der Waals surface area contributed by atoms with Crippen LogP contribution in [0.3, 0.4) is 0 Å². The van der Waals surface area contributed by atoms with E-state index in [1.165, 1.54) is 6.07 Å². The number of hydrogen-bond donors (Lipinski definition) is 1. The molecule has 0 amide bonds. The van der Waals surface area contributed by atoms with Crippen molar-refractivity contribution in [2.45, 2.75) is 0 Å². The minimum atomic E-state index is -1.13. The Morgan fingerprint density at radius 3 is 2.55 bits per heavy atom. The number of aliphatic hydroxyl groups excluding tert-OH is 1. The van der Waals surface area contributed by atoms with Gasteiger partial charge in [-0.15, -0.1) is 0 Å². The van der Waals surface area contributed by atoms with Crippen molar-refractivity contribution in [1.82, 2.24) is 0 Å². The van der Waals surface area contributed by atoms with Gasteiger partial charge in [0, 0.05) is 0 Å². The summed E-state index contributed by atoms with van der Waals surface area (Å²) in [5.41, 5.74) is -0.480. The molecule has 5 nitrogen and oxygen atoms in total. The van der Waals surface area contributed by atoms with Crippen molar-refractivity contribution in [1.29, 1.82) is 5.26 Å². The molecule has 0 aromatic carbocycles. The zero-order valence-corrected chi connectivity index (χ0v) is 5.53. The third-order valence-corrected chi connectivity index (χ3v) is 0.717. The van der Waals surface area contributed by atoms with E-state index in [1.807, 2.05) is 0 Å². The lowest BCUT2D eigenvalue weighted by molar-refractivity contribution is -0.158. The highest BCUT2D eigenvalue weighted by atomic mass is 16.6. The lowest BCUT2D eigenvalue weighted by Crippen LogP contribution is -2.15. The summed E-state index contributed by atoms with van der Waals surface area (Å²) >= 11 is 0. The fourth-order valence-corrected chi connectivity index (χ4v) is 0.243. The number of carbonyl (C=O) groups excluding carboxylic acids is 2. The largest absolute Gasteiger partial charge is 0.387 e. The Kier molecular flexibility index (Phi) is 3.56. The van der Waals surface area contributed by atoms with E-state index in [-0.39, 0.29) is 0 Å². The summed E-state index contributed by atoms with van der Waals surface area (Å²) in [7, 11) is 0. The lowest BCUT2D eigenvalue weighted by atomic mass is 10.3. The second-order valence-corrected chi connectivity index (χ2v) is 1.51. The monoisotopic (exact) mass is 155 g/mol. The summed E-state index contributed by atoms with van der Waals surface area (Å²) < 4.78 is 3.90. The van der Waals surface area contributed by atoms with Crippen LogP contribution >= 0.6 is 0 Å². The van der Waals surface area contributed by atoms with Gasteiger partial charge in [0.1, 0.15) is 18.2 Å². The molecule has 0 aliphatic rings. The summed E-state index contributed by atoms with van der Waals surface area (Å²) in [6.45, 7) is 2.09. The fourth-order valence-electron chi connectivity index (χ4n) is 0.243. The zero-order chi connectivity index (χ0) is 8.85. The lowest BCUT2D eigenvalue weighted by Gasteiger charge is -1.95. The van der Waals surface area contributed by atoms with E-state index in [2.05, 4.69) is 11.3 Å². The van der Waals surface area contributed by atoms with E-state index in [4.69, 9.17) is 10.4 Å². The maximum atomic E-state index is 10.5. The van der Waals surface area contributed by atoms with Gasteiger partial charge in [-0.05, 0) is 0 Å². The molecule has 58 valence electrons. The molecular formula is C6H5NO4. The summed E-state index contributed by atoms with van der Waals surface area (Å²) in [5.74, 6) is -2.24. The Balaban J connectivity index is 4.01. The van der Waals surface area contributed by atoms with E-state index >= 15 is 0 Å². The zero-order valence-electron chi connectivity index (χ0n) is 5.53. The first-order chi connectivity index (χ1) is 5.11. The van der Waals surface area contributed by atoms with Crippen LogP contribution in [0.15, 0.2) is 12.2 Å². The number of ether oxygens (including phenoxy) is 1. The molecular weight excluding hydrogens is 150 g/mol.